The molecule has 0 fully saturated rings. The molecule has 2 aromatic carbocycles. The van der Waals surface area contributed by atoms with Gasteiger partial charge in [-0.2, -0.15) is 26.3 Å². The van der Waals surface area contributed by atoms with Gasteiger partial charge < -0.3 is 11.5 Å². The van der Waals surface area contributed by atoms with Crippen molar-refractivity contribution < 1.29 is 26.3 Å². The number of rotatable bonds is 1. The van der Waals surface area contributed by atoms with Gasteiger partial charge >= 0.3 is 12.4 Å². The molecule has 4 N–H and O–H groups in total. The van der Waals surface area contributed by atoms with Crippen LogP contribution in [0.4, 0.5) is 37.7 Å². The van der Waals surface area contributed by atoms with Crippen molar-refractivity contribution in [3.05, 3.63) is 47.4 Å². The highest BCUT2D eigenvalue weighted by Gasteiger charge is 2.44. The maximum absolute atomic E-state index is 13.5. The minimum absolute atomic E-state index is 0.0547. The minimum Gasteiger partial charge on any atom is -0.398 e. The summed E-state index contributed by atoms with van der Waals surface area (Å²) in [5, 5.41) is 0.265. The van der Waals surface area contributed by atoms with Gasteiger partial charge in [-0.05, 0) is 24.1 Å². The number of alkyl halides is 6. The Morgan fingerprint density at radius 2 is 1.52 bits per heavy atom. The number of nitrogens with zero attached hydrogens (tertiary/aromatic N) is 2. The van der Waals surface area contributed by atoms with E-state index in [4.69, 9.17) is 11.5 Å². The number of benzene rings is 2. The molecule has 0 radical (unpaired) electrons. The summed E-state index contributed by atoms with van der Waals surface area (Å²) in [7, 11) is 0. The number of aromatic nitrogens is 2. The third kappa shape index (κ3) is 3.00. The van der Waals surface area contributed by atoms with Gasteiger partial charge in [0.15, 0.2) is 0 Å². The van der Waals surface area contributed by atoms with Crippen molar-refractivity contribution in [2.75, 3.05) is 11.5 Å². The highest BCUT2D eigenvalue weighted by molar-refractivity contribution is 6.00. The molecule has 0 aliphatic heterocycles. The molecule has 0 aliphatic rings. The summed E-state index contributed by atoms with van der Waals surface area (Å²) in [5.41, 5.74) is 4.90. The van der Waals surface area contributed by atoms with Gasteiger partial charge in [0.1, 0.15) is 11.9 Å². The Kier molecular flexibility index (Phi) is 4.16. The Morgan fingerprint density at radius 3 is 2.11 bits per heavy atom. The Bertz CT molecular complexity index is 994. The van der Waals surface area contributed by atoms with Crippen LogP contribution in [0.25, 0.3) is 22.0 Å². The molecule has 4 nitrogen and oxygen atoms in total. The molecule has 0 bridgehead atoms. The van der Waals surface area contributed by atoms with Crippen LogP contribution in [0.5, 0.6) is 0 Å². The van der Waals surface area contributed by atoms with Crippen LogP contribution in [0.1, 0.15) is 16.7 Å². The maximum atomic E-state index is 13.5. The molecule has 0 saturated carbocycles. The molecule has 0 unspecified atom stereocenters. The average Bonchev–Trinajstić information content (AvgIpc) is 2.52. The Hall–Kier alpha value is -3.04. The van der Waals surface area contributed by atoms with E-state index in [2.05, 4.69) is 9.97 Å². The Labute approximate surface area is 148 Å². The molecule has 0 atom stereocenters. The van der Waals surface area contributed by atoms with Crippen LogP contribution >= 0.6 is 0 Å². The maximum Gasteiger partial charge on any atom is 0.420 e. The van der Waals surface area contributed by atoms with Crippen molar-refractivity contribution in [1.29, 1.82) is 0 Å². The zero-order valence-electron chi connectivity index (χ0n) is 13.7. The van der Waals surface area contributed by atoms with Gasteiger partial charge in [-0.25, -0.2) is 9.97 Å². The first-order chi connectivity index (χ1) is 12.4. The molecular formula is C17H12F6N4. The van der Waals surface area contributed by atoms with Crippen LogP contribution in [-0.4, -0.2) is 9.97 Å². The predicted octanol–water partition coefficient (Wildman–Crippen LogP) is 4.81. The van der Waals surface area contributed by atoms with E-state index in [0.717, 1.165) is 6.92 Å². The number of fused-ring (bicyclic) bond motifs is 1. The summed E-state index contributed by atoms with van der Waals surface area (Å²) < 4.78 is 80.9. The summed E-state index contributed by atoms with van der Waals surface area (Å²) in [4.78, 5) is 7.76. The highest BCUT2D eigenvalue weighted by Crippen LogP contribution is 2.50. The number of hydrogen-bond acceptors (Lipinski definition) is 4. The van der Waals surface area contributed by atoms with Crippen molar-refractivity contribution in [2.45, 2.75) is 19.3 Å². The minimum atomic E-state index is -5.17. The fourth-order valence-corrected chi connectivity index (χ4v) is 3.16. The smallest absolute Gasteiger partial charge is 0.398 e. The molecule has 1 heterocycles. The second-order valence-electron chi connectivity index (χ2n) is 5.83. The summed E-state index contributed by atoms with van der Waals surface area (Å²) in [5.74, 6) is 0. The lowest BCUT2D eigenvalue weighted by Crippen LogP contribution is -2.20. The van der Waals surface area contributed by atoms with Crippen LogP contribution in [0.15, 0.2) is 30.7 Å². The molecular weight excluding hydrogens is 374 g/mol. The van der Waals surface area contributed by atoms with Crippen LogP contribution in [0.3, 0.4) is 0 Å². The molecule has 142 valence electrons. The molecule has 0 aliphatic carbocycles. The van der Waals surface area contributed by atoms with E-state index in [9.17, 15) is 26.3 Å². The first-order valence-corrected chi connectivity index (χ1v) is 7.49. The third-order valence-corrected chi connectivity index (χ3v) is 4.21. The fourth-order valence-electron chi connectivity index (χ4n) is 3.16. The van der Waals surface area contributed by atoms with Gasteiger partial charge in [-0.1, -0.05) is 12.1 Å². The predicted molar refractivity (Wildman–Crippen MR) is 88.5 cm³/mol. The molecule has 0 saturated heterocycles. The van der Waals surface area contributed by atoms with Gasteiger partial charge in [0, 0.05) is 17.1 Å². The van der Waals surface area contributed by atoms with Gasteiger partial charge in [0.2, 0.25) is 0 Å². The van der Waals surface area contributed by atoms with Gasteiger partial charge in [-0.3, -0.25) is 0 Å². The summed E-state index contributed by atoms with van der Waals surface area (Å²) in [6, 6.07) is 4.37. The first-order valence-electron chi connectivity index (χ1n) is 7.49. The van der Waals surface area contributed by atoms with Gasteiger partial charge in [0.25, 0.3) is 0 Å². The van der Waals surface area contributed by atoms with Gasteiger partial charge in [0.05, 0.1) is 22.5 Å². The lowest BCUT2D eigenvalue weighted by molar-refractivity contribution is -0.141. The van der Waals surface area contributed by atoms with E-state index >= 15 is 0 Å². The van der Waals surface area contributed by atoms with Crippen molar-refractivity contribution in [3.8, 4) is 11.1 Å². The van der Waals surface area contributed by atoms with E-state index in [0.29, 0.717) is 5.52 Å². The number of halogens is 6. The van der Waals surface area contributed by atoms with E-state index in [1.54, 1.807) is 6.07 Å². The molecule has 27 heavy (non-hydrogen) atoms. The van der Waals surface area contributed by atoms with Crippen molar-refractivity contribution in [2.24, 2.45) is 0 Å². The monoisotopic (exact) mass is 386 g/mol. The van der Waals surface area contributed by atoms with E-state index in [1.807, 2.05) is 0 Å². The SMILES string of the molecule is Cc1c(-c2cccc3ncncc23)c(N)c(C(F)(F)F)c(N)c1C(F)(F)F. The Morgan fingerprint density at radius 1 is 0.889 bits per heavy atom. The quantitative estimate of drug-likeness (QED) is 0.465. The summed E-state index contributed by atoms with van der Waals surface area (Å²) in [6.07, 6.45) is -7.75. The topological polar surface area (TPSA) is 77.8 Å². The average molecular weight is 386 g/mol. The van der Waals surface area contributed by atoms with Crippen molar-refractivity contribution in [1.82, 2.24) is 9.97 Å². The van der Waals surface area contributed by atoms with Crippen LogP contribution in [-0.2, 0) is 12.4 Å². The van der Waals surface area contributed by atoms with E-state index in [1.165, 1.54) is 24.7 Å². The lowest BCUT2D eigenvalue weighted by atomic mass is 9.88. The molecule has 3 aromatic rings. The van der Waals surface area contributed by atoms with E-state index in [-0.39, 0.29) is 10.9 Å². The van der Waals surface area contributed by atoms with Crippen LogP contribution in [0, 0.1) is 6.92 Å². The normalized spacial score (nSPS) is 12.6. The fraction of sp³-hybridized carbons (Fsp3) is 0.176. The molecule has 1 aromatic heterocycles. The van der Waals surface area contributed by atoms with Crippen LogP contribution in [0.2, 0.25) is 0 Å². The number of nitrogen functional groups attached to an aromatic ring is 2. The lowest BCUT2D eigenvalue weighted by Gasteiger charge is -2.24. The molecule has 10 heteroatoms. The number of nitrogens with two attached hydrogens (primary N) is 2. The summed E-state index contributed by atoms with van der Waals surface area (Å²) >= 11 is 0. The molecule has 0 spiro atoms. The zero-order chi connectivity index (χ0) is 20.1. The second kappa shape index (κ2) is 6.00. The van der Waals surface area contributed by atoms with E-state index < -0.39 is 46.0 Å². The highest BCUT2D eigenvalue weighted by atomic mass is 19.4. The largest absolute Gasteiger partial charge is 0.420 e. The first kappa shape index (κ1) is 18.7. The van der Waals surface area contributed by atoms with Crippen molar-refractivity contribution >= 4 is 22.3 Å². The number of hydrogen-bond donors (Lipinski definition) is 2. The third-order valence-electron chi connectivity index (χ3n) is 4.21. The Balaban J connectivity index is 2.53. The standard InChI is InChI=1S/C17H12F6N4/c1-7-11(8-3-2-4-10-9(8)5-26-6-27-10)14(24)13(17(21,22)23)15(25)12(7)16(18,19)20/h2-6H,24-25H2,1H3. The molecule has 0 amide bonds. The number of anilines is 2. The summed E-state index contributed by atoms with van der Waals surface area (Å²) in [6.45, 7) is 1.04. The zero-order valence-corrected chi connectivity index (χ0v) is 13.7. The second-order valence-corrected chi connectivity index (χ2v) is 5.83. The van der Waals surface area contributed by atoms with Crippen LogP contribution < -0.4 is 11.5 Å². The van der Waals surface area contributed by atoms with Gasteiger partial charge in [-0.15, -0.1) is 0 Å². The molecule has 3 rings (SSSR count). The van der Waals surface area contributed by atoms with Crippen molar-refractivity contribution in [3.63, 3.8) is 0 Å².